The Labute approximate surface area is 204 Å². The molecule has 1 atom stereocenters. The highest BCUT2D eigenvalue weighted by atomic mass is 32.1. The summed E-state index contributed by atoms with van der Waals surface area (Å²) in [6.07, 6.45) is 1.80. The number of alkyl halides is 3. The van der Waals surface area contributed by atoms with Crippen molar-refractivity contribution in [2.75, 3.05) is 24.6 Å². The average molecular weight is 506 g/mol. The van der Waals surface area contributed by atoms with E-state index < -0.39 is 11.7 Å². The summed E-state index contributed by atoms with van der Waals surface area (Å²) in [6.45, 7) is 4.97. The van der Waals surface area contributed by atoms with Crippen LogP contribution in [0.25, 0.3) is 32.4 Å². The predicted molar refractivity (Wildman–Crippen MR) is 128 cm³/mol. The maximum Gasteiger partial charge on any atom is 0.418 e. The SMILES string of the molecule is CC(C)n1ccc(-c2sc3nc(-c4nccn4C)nc(N4CCC(CCO)C4)c3c2C(F)(F)F)n1. The van der Waals surface area contributed by atoms with Gasteiger partial charge in [-0.2, -0.15) is 18.3 Å². The van der Waals surface area contributed by atoms with E-state index >= 15 is 0 Å². The highest BCUT2D eigenvalue weighted by Crippen LogP contribution is 2.49. The van der Waals surface area contributed by atoms with Gasteiger partial charge in [-0.1, -0.05) is 0 Å². The van der Waals surface area contributed by atoms with Crippen LogP contribution < -0.4 is 4.90 Å². The molecule has 1 N–H and O–H groups in total. The van der Waals surface area contributed by atoms with Crippen LogP contribution in [0.3, 0.4) is 0 Å². The van der Waals surface area contributed by atoms with E-state index in [-0.39, 0.29) is 51.0 Å². The molecule has 1 unspecified atom stereocenters. The van der Waals surface area contributed by atoms with E-state index in [1.165, 1.54) is 0 Å². The normalized spacial score (nSPS) is 16.8. The molecular weight excluding hydrogens is 479 g/mol. The number of aryl methyl sites for hydroxylation is 1. The number of rotatable bonds is 6. The molecule has 12 heteroatoms. The Kier molecular flexibility index (Phi) is 6.04. The van der Waals surface area contributed by atoms with Crippen LogP contribution in [0, 0.1) is 5.92 Å². The van der Waals surface area contributed by atoms with Gasteiger partial charge in [-0.15, -0.1) is 11.3 Å². The van der Waals surface area contributed by atoms with E-state index in [0.29, 0.717) is 25.3 Å². The molecule has 4 aromatic heterocycles. The molecule has 4 aromatic rings. The summed E-state index contributed by atoms with van der Waals surface area (Å²) < 4.78 is 47.2. The number of fused-ring (bicyclic) bond motifs is 1. The Bertz CT molecular complexity index is 1360. The van der Waals surface area contributed by atoms with Crippen molar-refractivity contribution in [3.63, 3.8) is 0 Å². The first kappa shape index (κ1) is 23.7. The lowest BCUT2D eigenvalue weighted by molar-refractivity contribution is -0.135. The maximum absolute atomic E-state index is 14.6. The molecule has 0 saturated carbocycles. The zero-order chi connectivity index (χ0) is 24.9. The minimum atomic E-state index is -4.62. The molecule has 0 spiro atoms. The molecule has 1 aliphatic heterocycles. The van der Waals surface area contributed by atoms with Gasteiger partial charge in [-0.25, -0.2) is 15.0 Å². The molecule has 1 fully saturated rings. The number of thiophene rings is 1. The smallest absolute Gasteiger partial charge is 0.396 e. The fourth-order valence-electron chi connectivity index (χ4n) is 4.53. The third-order valence-corrected chi connectivity index (χ3v) is 7.44. The fourth-order valence-corrected chi connectivity index (χ4v) is 5.69. The maximum atomic E-state index is 14.6. The molecule has 5 heterocycles. The molecule has 35 heavy (non-hydrogen) atoms. The summed E-state index contributed by atoms with van der Waals surface area (Å²) in [5.74, 6) is 1.20. The first-order valence-electron chi connectivity index (χ1n) is 11.5. The molecule has 0 aliphatic carbocycles. The number of hydrogen-bond donors (Lipinski definition) is 1. The van der Waals surface area contributed by atoms with Crippen molar-refractivity contribution in [3.8, 4) is 22.2 Å². The van der Waals surface area contributed by atoms with E-state index in [0.717, 1.165) is 17.8 Å². The molecule has 0 bridgehead atoms. The van der Waals surface area contributed by atoms with Crippen LogP contribution in [0.5, 0.6) is 0 Å². The molecule has 1 saturated heterocycles. The second-order valence-corrected chi connectivity index (χ2v) is 10.1. The van der Waals surface area contributed by atoms with Crippen LogP contribution in [0.4, 0.5) is 19.0 Å². The van der Waals surface area contributed by atoms with Crippen LogP contribution in [-0.4, -0.2) is 54.1 Å². The number of aliphatic hydroxyl groups excluding tert-OH is 1. The summed E-state index contributed by atoms with van der Waals surface area (Å²) in [5.41, 5.74) is -0.489. The molecule has 8 nitrogen and oxygen atoms in total. The number of aromatic nitrogens is 6. The van der Waals surface area contributed by atoms with Gasteiger partial charge in [0.05, 0.1) is 15.8 Å². The number of imidazole rings is 1. The largest absolute Gasteiger partial charge is 0.418 e. The molecule has 5 rings (SSSR count). The van der Waals surface area contributed by atoms with Crippen LogP contribution in [0.2, 0.25) is 0 Å². The predicted octanol–water partition coefficient (Wildman–Crippen LogP) is 4.76. The van der Waals surface area contributed by atoms with Crippen molar-refractivity contribution in [1.82, 2.24) is 29.3 Å². The van der Waals surface area contributed by atoms with E-state index in [1.807, 2.05) is 18.7 Å². The molecule has 0 radical (unpaired) electrons. The summed E-state index contributed by atoms with van der Waals surface area (Å²) in [6, 6.07) is 1.63. The molecule has 186 valence electrons. The van der Waals surface area contributed by atoms with Gasteiger partial charge in [0.15, 0.2) is 11.6 Å². The fraction of sp³-hybridized carbons (Fsp3) is 0.478. The van der Waals surface area contributed by atoms with Crippen LogP contribution in [-0.2, 0) is 13.2 Å². The van der Waals surface area contributed by atoms with Gasteiger partial charge in [-0.05, 0) is 38.7 Å². The number of nitrogens with zero attached hydrogens (tertiary/aromatic N) is 7. The second-order valence-electron chi connectivity index (χ2n) is 9.10. The van der Waals surface area contributed by atoms with Crippen LogP contribution in [0.1, 0.15) is 38.3 Å². The summed E-state index contributed by atoms with van der Waals surface area (Å²) >= 11 is 0.980. The lowest BCUT2D eigenvalue weighted by atomic mass is 10.1. The summed E-state index contributed by atoms with van der Waals surface area (Å²) in [7, 11) is 1.79. The van der Waals surface area contributed by atoms with Gasteiger partial charge in [0.1, 0.15) is 16.3 Å². The third kappa shape index (κ3) is 4.29. The van der Waals surface area contributed by atoms with Crippen molar-refractivity contribution in [2.45, 2.75) is 38.9 Å². The van der Waals surface area contributed by atoms with Gasteiger partial charge < -0.3 is 14.6 Å². The van der Waals surface area contributed by atoms with E-state index in [9.17, 15) is 18.3 Å². The Morgan fingerprint density at radius 2 is 2.03 bits per heavy atom. The highest BCUT2D eigenvalue weighted by Gasteiger charge is 2.41. The van der Waals surface area contributed by atoms with Crippen LogP contribution >= 0.6 is 11.3 Å². The van der Waals surface area contributed by atoms with Crippen molar-refractivity contribution in [3.05, 3.63) is 30.2 Å². The number of aliphatic hydroxyl groups is 1. The first-order chi connectivity index (χ1) is 16.7. The quantitative estimate of drug-likeness (QED) is 0.407. The van der Waals surface area contributed by atoms with Gasteiger partial charge in [0, 0.05) is 51.4 Å². The van der Waals surface area contributed by atoms with Crippen molar-refractivity contribution < 1.29 is 18.3 Å². The standard InChI is InChI=1S/C23H26F3N7OS/c1-13(2)33-9-5-15(30-33)18-17(23(24,25)26)16-20(32-8-4-14(12-32)6-11-34)28-19(29-22(16)35-18)21-27-7-10-31(21)3/h5,7,9-10,13-14,34H,4,6,8,11-12H2,1-3H3. The Hall–Kier alpha value is -2.99. The molecule has 1 aliphatic rings. The third-order valence-electron chi connectivity index (χ3n) is 6.33. The zero-order valence-electron chi connectivity index (χ0n) is 19.6. The Balaban J connectivity index is 1.76. The van der Waals surface area contributed by atoms with Gasteiger partial charge in [0.2, 0.25) is 0 Å². The lowest BCUT2D eigenvalue weighted by Crippen LogP contribution is -2.22. The second kappa shape index (κ2) is 8.90. The van der Waals surface area contributed by atoms with Crippen molar-refractivity contribution in [1.29, 1.82) is 0 Å². The zero-order valence-corrected chi connectivity index (χ0v) is 20.4. The van der Waals surface area contributed by atoms with Gasteiger partial charge in [-0.3, -0.25) is 4.68 Å². The number of anilines is 1. The molecule has 0 aromatic carbocycles. The van der Waals surface area contributed by atoms with Crippen molar-refractivity contribution in [2.24, 2.45) is 13.0 Å². The van der Waals surface area contributed by atoms with E-state index in [4.69, 9.17) is 0 Å². The number of halogens is 3. The summed E-state index contributed by atoms with van der Waals surface area (Å²) in [5, 5.41) is 13.8. The summed E-state index contributed by atoms with van der Waals surface area (Å²) in [4.78, 5) is 15.7. The minimum absolute atomic E-state index is 0.000736. The van der Waals surface area contributed by atoms with E-state index in [1.54, 1.807) is 41.0 Å². The minimum Gasteiger partial charge on any atom is -0.396 e. The van der Waals surface area contributed by atoms with Crippen LogP contribution in [0.15, 0.2) is 24.7 Å². The topological polar surface area (TPSA) is 84.9 Å². The highest BCUT2D eigenvalue weighted by molar-refractivity contribution is 7.22. The first-order valence-corrected chi connectivity index (χ1v) is 12.3. The average Bonchev–Trinajstić information content (AvgIpc) is 3.57. The van der Waals surface area contributed by atoms with Crippen molar-refractivity contribution >= 4 is 27.4 Å². The monoisotopic (exact) mass is 505 g/mol. The molecular formula is C23H26F3N7OS. The Morgan fingerprint density at radius 1 is 1.23 bits per heavy atom. The Morgan fingerprint density at radius 3 is 2.66 bits per heavy atom. The van der Waals surface area contributed by atoms with Gasteiger partial charge in [0.25, 0.3) is 0 Å². The number of hydrogen-bond acceptors (Lipinski definition) is 7. The van der Waals surface area contributed by atoms with Gasteiger partial charge >= 0.3 is 6.18 Å². The lowest BCUT2D eigenvalue weighted by Gasteiger charge is -2.20. The van der Waals surface area contributed by atoms with E-state index in [2.05, 4.69) is 20.1 Å². The molecule has 0 amide bonds.